The lowest BCUT2D eigenvalue weighted by atomic mass is 11.0. The van der Waals surface area contributed by atoms with E-state index in [1.807, 2.05) is 0 Å². The second kappa shape index (κ2) is 2.34. The molecule has 0 aromatic heterocycles. The predicted molar refractivity (Wildman–Crippen MR) is 41.5 cm³/mol. The van der Waals surface area contributed by atoms with E-state index < -0.39 is 0 Å². The second-order valence-corrected chi connectivity index (χ2v) is 3.95. The van der Waals surface area contributed by atoms with Gasteiger partial charge in [0.15, 0.2) is 0 Å². The molecule has 0 aromatic carbocycles. The van der Waals surface area contributed by atoms with Crippen molar-refractivity contribution in [2.75, 3.05) is 6.66 Å². The average Bonchev–Trinajstić information content (AvgIpc) is 1.69. The first-order chi connectivity index (χ1) is 3.39. The Balaban J connectivity index is 3.16. The van der Waals surface area contributed by atoms with Gasteiger partial charge in [-0.1, -0.05) is 20.8 Å². The summed E-state index contributed by atoms with van der Waals surface area (Å²) < 4.78 is 0. The van der Waals surface area contributed by atoms with E-state index in [1.54, 1.807) is 0 Å². The third-order valence-electron chi connectivity index (χ3n) is 0.712. The maximum absolute atomic E-state index is 3.22. The first kappa shape index (κ1) is 5.13. The minimum atomic E-state index is 0.0153. The highest BCUT2D eigenvalue weighted by molar-refractivity contribution is 7.63. The third kappa shape index (κ3) is 1.49. The van der Waals surface area contributed by atoms with Crippen LogP contribution in [0.15, 0.2) is 5.82 Å². The molecule has 0 saturated carbocycles. The largest absolute Gasteiger partial charge is 0.0938 e. The van der Waals surface area contributed by atoms with E-state index >= 15 is 0 Å². The van der Waals surface area contributed by atoms with E-state index in [0.29, 0.717) is 0 Å². The minimum Gasteiger partial charge on any atom is -0.0938 e. The van der Waals surface area contributed by atoms with Gasteiger partial charge < -0.3 is 0 Å². The Morgan fingerprint density at radius 2 is 2.57 bits per heavy atom. The van der Waals surface area contributed by atoms with E-state index in [9.17, 15) is 0 Å². The molecule has 1 aliphatic heterocycles. The number of hydrogen-bond acceptors (Lipinski definition) is 0. The summed E-state index contributed by atoms with van der Waals surface area (Å²) in [6, 6.07) is 0. The minimum absolute atomic E-state index is 0.0153. The van der Waals surface area contributed by atoms with Gasteiger partial charge >= 0.3 is 0 Å². The Morgan fingerprint density at radius 1 is 1.71 bits per heavy atom. The molecule has 0 radical (unpaired) electrons. The van der Waals surface area contributed by atoms with E-state index in [4.69, 9.17) is 0 Å². The van der Waals surface area contributed by atoms with E-state index in [2.05, 4.69) is 29.5 Å². The molecular weight excluding hydrogens is 122 g/mol. The van der Waals surface area contributed by atoms with Crippen LogP contribution >= 0.6 is 15.4 Å². The molecule has 0 nitrogen and oxygen atoms in total. The second-order valence-electron chi connectivity index (χ2n) is 1.32. The Kier molecular flexibility index (Phi) is 1.71. The average molecular weight is 128 g/mol. The molecule has 2 heteroatoms. The van der Waals surface area contributed by atoms with Crippen molar-refractivity contribution in [2.24, 2.45) is 0 Å². The molecule has 0 aromatic rings. The molecule has 0 amide bonds. The summed E-state index contributed by atoms with van der Waals surface area (Å²) >= 11 is 0. The molecule has 36 valence electrons. The van der Waals surface area contributed by atoms with E-state index in [1.165, 1.54) is 8.20 Å². The highest BCUT2D eigenvalue weighted by Gasteiger charge is 1.68. The maximum Gasteiger partial charge on any atom is 0.0116 e. The van der Waals surface area contributed by atoms with Gasteiger partial charge in [-0.05, 0) is 18.3 Å². The van der Waals surface area contributed by atoms with Crippen molar-refractivity contribution < 1.29 is 0 Å². The molecule has 1 atom stereocenters. The van der Waals surface area contributed by atoms with E-state index in [0.717, 1.165) is 0 Å². The van der Waals surface area contributed by atoms with Crippen molar-refractivity contribution in [1.29, 1.82) is 0 Å². The molecule has 0 spiro atoms. The molecule has 1 aliphatic rings. The summed E-state index contributed by atoms with van der Waals surface area (Å²) in [6.07, 6.45) is 0. The molecular formula is C5H6P2. The van der Waals surface area contributed by atoms with Gasteiger partial charge in [0, 0.05) is 5.82 Å². The fourth-order valence-electron chi connectivity index (χ4n) is 0.349. The molecule has 1 heterocycles. The summed E-state index contributed by atoms with van der Waals surface area (Å²) in [5.74, 6) is 6.46. The van der Waals surface area contributed by atoms with Crippen LogP contribution in [0.2, 0.25) is 0 Å². The van der Waals surface area contributed by atoms with Crippen LogP contribution in [0.1, 0.15) is 0 Å². The Labute approximate surface area is 45.7 Å². The highest BCUT2D eigenvalue weighted by Crippen LogP contribution is 2.03. The van der Waals surface area contributed by atoms with Gasteiger partial charge in [-0.3, -0.25) is 0 Å². The van der Waals surface area contributed by atoms with Crippen LogP contribution in [-0.2, 0) is 0 Å². The maximum atomic E-state index is 3.22. The number of rotatable bonds is 0. The van der Waals surface area contributed by atoms with Crippen LogP contribution in [0.25, 0.3) is 0 Å². The third-order valence-corrected chi connectivity index (χ3v) is 2.88. The quantitative estimate of drug-likeness (QED) is 0.434. The Hall–Kier alpha value is -0.0100. The monoisotopic (exact) mass is 128 g/mol. The van der Waals surface area contributed by atoms with Gasteiger partial charge in [-0.15, -0.1) is 0 Å². The van der Waals surface area contributed by atoms with Crippen LogP contribution < -0.4 is 0 Å². The van der Waals surface area contributed by atoms with Gasteiger partial charge in [-0.25, -0.2) is 0 Å². The molecule has 0 saturated heterocycles. The highest BCUT2D eigenvalue weighted by atomic mass is 31.1. The standard InChI is InChI=1S/C5H6P2/c1-7-4-2-6-3-5-7/h2-4H,1H3. The van der Waals surface area contributed by atoms with Crippen LogP contribution in [0.5, 0.6) is 0 Å². The van der Waals surface area contributed by atoms with Gasteiger partial charge in [0.25, 0.3) is 0 Å². The SMILES string of the molecule is CP1=C=CP=CC=1. The summed E-state index contributed by atoms with van der Waals surface area (Å²) in [5.41, 5.74) is 3.22. The predicted octanol–water partition coefficient (Wildman–Crippen LogP) is 1.58. The first-order valence-electron chi connectivity index (χ1n) is 2.07. The van der Waals surface area contributed by atoms with Crippen molar-refractivity contribution >= 4 is 32.4 Å². The van der Waals surface area contributed by atoms with Gasteiger partial charge in [-0.2, -0.15) is 0 Å². The van der Waals surface area contributed by atoms with Gasteiger partial charge in [0.2, 0.25) is 0 Å². The topological polar surface area (TPSA) is 0 Å². The zero-order chi connectivity index (χ0) is 5.11. The normalized spacial score (nSPS) is 23.3. The Morgan fingerprint density at radius 3 is 2.86 bits per heavy atom. The molecule has 0 N–H and O–H groups in total. The van der Waals surface area contributed by atoms with E-state index in [-0.39, 0.29) is 7.17 Å². The van der Waals surface area contributed by atoms with Crippen LogP contribution in [0, 0.1) is 0 Å². The summed E-state index contributed by atoms with van der Waals surface area (Å²) in [6.45, 7) is 2.19. The molecule has 0 aliphatic carbocycles. The smallest absolute Gasteiger partial charge is 0.0116 e. The van der Waals surface area contributed by atoms with Crippen LogP contribution in [0.3, 0.4) is 0 Å². The van der Waals surface area contributed by atoms with Crippen LogP contribution in [0.4, 0.5) is 0 Å². The van der Waals surface area contributed by atoms with Crippen molar-refractivity contribution in [3.05, 3.63) is 5.82 Å². The van der Waals surface area contributed by atoms with Crippen molar-refractivity contribution in [3.63, 3.8) is 0 Å². The lowest BCUT2D eigenvalue weighted by Crippen LogP contribution is -1.66. The number of hydrogen-bond donors (Lipinski definition) is 0. The molecule has 0 fully saturated rings. The van der Waals surface area contributed by atoms with Crippen molar-refractivity contribution in [3.8, 4) is 0 Å². The van der Waals surface area contributed by atoms with Crippen molar-refractivity contribution in [1.82, 2.24) is 0 Å². The summed E-state index contributed by atoms with van der Waals surface area (Å²) in [4.78, 5) is 0. The summed E-state index contributed by atoms with van der Waals surface area (Å²) in [5, 5.41) is 0. The lowest BCUT2D eigenvalue weighted by molar-refractivity contribution is 2.50. The molecule has 7 heavy (non-hydrogen) atoms. The van der Waals surface area contributed by atoms with Crippen molar-refractivity contribution in [2.45, 2.75) is 0 Å². The summed E-state index contributed by atoms with van der Waals surface area (Å²) in [7, 11) is 1.31. The van der Waals surface area contributed by atoms with Gasteiger partial charge in [0.05, 0.1) is 0 Å². The van der Waals surface area contributed by atoms with Gasteiger partial charge in [0.1, 0.15) is 0 Å². The zero-order valence-electron chi connectivity index (χ0n) is 4.13. The first-order valence-corrected chi connectivity index (χ1v) is 4.96. The molecule has 0 bridgehead atoms. The van der Waals surface area contributed by atoms with Crippen LogP contribution in [-0.4, -0.2) is 23.7 Å². The Bertz CT molecular complexity index is 198. The zero-order valence-corrected chi connectivity index (χ0v) is 5.92. The molecule has 1 unspecified atom stereocenters. The fraction of sp³-hybridized carbons (Fsp3) is 0.200. The fourth-order valence-corrected chi connectivity index (χ4v) is 2.62. The molecule has 1 rings (SSSR count). The lowest BCUT2D eigenvalue weighted by Gasteiger charge is -1.77.